The molecule has 6 nitrogen and oxygen atoms in total. The zero-order valence-electron chi connectivity index (χ0n) is 11.5. The Morgan fingerprint density at radius 1 is 1.35 bits per heavy atom. The second kappa shape index (κ2) is 7.37. The highest BCUT2D eigenvalue weighted by Crippen LogP contribution is 2.26. The Balaban J connectivity index is 2.04. The maximum Gasteiger partial charge on any atom is 0.135 e. The highest BCUT2D eigenvalue weighted by atomic mass is 79.9. The van der Waals surface area contributed by atoms with E-state index in [4.69, 9.17) is 9.47 Å². The summed E-state index contributed by atoms with van der Waals surface area (Å²) < 4.78 is 12.9. The van der Waals surface area contributed by atoms with Crippen LogP contribution in [0.4, 0.5) is 0 Å². The first-order chi connectivity index (χ1) is 9.74. The van der Waals surface area contributed by atoms with Gasteiger partial charge in [-0.25, -0.2) is 4.68 Å². The molecular formula is C13H17BrN4O2. The van der Waals surface area contributed by atoms with Crippen LogP contribution in [-0.2, 0) is 11.3 Å². The molecule has 7 heteroatoms. The van der Waals surface area contributed by atoms with Gasteiger partial charge in [0, 0.05) is 26.3 Å². The third-order valence-corrected chi connectivity index (χ3v) is 3.38. The first-order valence-corrected chi connectivity index (χ1v) is 6.98. The largest absolute Gasteiger partial charge is 0.495 e. The SMILES string of the molecule is COCCNCc1cn(-c2ccc(Br)c(OC)c2)nn1. The molecule has 0 atom stereocenters. The molecule has 2 rings (SSSR count). The fraction of sp³-hybridized carbons (Fsp3) is 0.385. The van der Waals surface area contributed by atoms with Gasteiger partial charge in [-0.15, -0.1) is 5.10 Å². The molecule has 108 valence electrons. The zero-order valence-corrected chi connectivity index (χ0v) is 13.1. The number of nitrogens with zero attached hydrogens (tertiary/aromatic N) is 3. The van der Waals surface area contributed by atoms with Crippen molar-refractivity contribution in [1.82, 2.24) is 20.3 Å². The van der Waals surface area contributed by atoms with E-state index in [0.717, 1.165) is 28.1 Å². The molecular weight excluding hydrogens is 324 g/mol. The minimum Gasteiger partial charge on any atom is -0.495 e. The smallest absolute Gasteiger partial charge is 0.135 e. The molecule has 0 aliphatic heterocycles. The van der Waals surface area contributed by atoms with Gasteiger partial charge in [-0.2, -0.15) is 0 Å². The third kappa shape index (κ3) is 3.78. The van der Waals surface area contributed by atoms with Gasteiger partial charge in [-0.05, 0) is 28.1 Å². The van der Waals surface area contributed by atoms with E-state index < -0.39 is 0 Å². The topological polar surface area (TPSA) is 61.2 Å². The van der Waals surface area contributed by atoms with Crippen molar-refractivity contribution in [2.75, 3.05) is 27.4 Å². The van der Waals surface area contributed by atoms with Crippen molar-refractivity contribution in [3.8, 4) is 11.4 Å². The molecule has 0 radical (unpaired) electrons. The van der Waals surface area contributed by atoms with Crippen molar-refractivity contribution >= 4 is 15.9 Å². The molecule has 1 aromatic heterocycles. The molecule has 0 spiro atoms. The van der Waals surface area contributed by atoms with Crippen LogP contribution in [0.15, 0.2) is 28.9 Å². The van der Waals surface area contributed by atoms with Crippen LogP contribution in [0.2, 0.25) is 0 Å². The van der Waals surface area contributed by atoms with Crippen LogP contribution in [0.3, 0.4) is 0 Å². The molecule has 0 aliphatic rings. The molecule has 1 aromatic carbocycles. The summed E-state index contributed by atoms with van der Waals surface area (Å²) >= 11 is 3.43. The summed E-state index contributed by atoms with van der Waals surface area (Å²) in [6, 6.07) is 5.77. The van der Waals surface area contributed by atoms with E-state index in [1.54, 1.807) is 18.9 Å². The van der Waals surface area contributed by atoms with Crippen LogP contribution >= 0.6 is 15.9 Å². The Hall–Kier alpha value is -1.44. The number of methoxy groups -OCH3 is 2. The van der Waals surface area contributed by atoms with Gasteiger partial charge in [0.15, 0.2) is 0 Å². The van der Waals surface area contributed by atoms with Gasteiger partial charge in [-0.1, -0.05) is 5.21 Å². The van der Waals surface area contributed by atoms with Crippen molar-refractivity contribution in [2.24, 2.45) is 0 Å². The number of aromatic nitrogens is 3. The van der Waals surface area contributed by atoms with Crippen molar-refractivity contribution in [2.45, 2.75) is 6.54 Å². The van der Waals surface area contributed by atoms with Crippen LogP contribution in [0.5, 0.6) is 5.75 Å². The number of hydrogen-bond acceptors (Lipinski definition) is 5. The first kappa shape index (κ1) is 15.0. The molecule has 1 N–H and O–H groups in total. The zero-order chi connectivity index (χ0) is 14.4. The van der Waals surface area contributed by atoms with Crippen molar-refractivity contribution in [3.63, 3.8) is 0 Å². The van der Waals surface area contributed by atoms with Crippen LogP contribution in [-0.4, -0.2) is 42.4 Å². The molecule has 0 bridgehead atoms. The second-order valence-corrected chi connectivity index (χ2v) is 5.00. The predicted molar refractivity (Wildman–Crippen MR) is 79.2 cm³/mol. The second-order valence-electron chi connectivity index (χ2n) is 4.14. The van der Waals surface area contributed by atoms with Gasteiger partial charge in [-0.3, -0.25) is 0 Å². The Morgan fingerprint density at radius 3 is 2.95 bits per heavy atom. The van der Waals surface area contributed by atoms with Gasteiger partial charge >= 0.3 is 0 Å². The summed E-state index contributed by atoms with van der Waals surface area (Å²) in [5.41, 5.74) is 1.78. The lowest BCUT2D eigenvalue weighted by Gasteiger charge is -2.05. The molecule has 0 unspecified atom stereocenters. The van der Waals surface area contributed by atoms with Crippen LogP contribution in [0.1, 0.15) is 5.69 Å². The quantitative estimate of drug-likeness (QED) is 0.778. The summed E-state index contributed by atoms with van der Waals surface area (Å²) in [6.07, 6.45) is 1.89. The van der Waals surface area contributed by atoms with E-state index in [1.807, 2.05) is 24.4 Å². The lowest BCUT2D eigenvalue weighted by atomic mass is 10.3. The number of ether oxygens (including phenoxy) is 2. The van der Waals surface area contributed by atoms with Gasteiger partial charge in [0.2, 0.25) is 0 Å². The predicted octanol–water partition coefficient (Wildman–Crippen LogP) is 1.77. The molecule has 20 heavy (non-hydrogen) atoms. The van der Waals surface area contributed by atoms with Crippen LogP contribution in [0.25, 0.3) is 5.69 Å². The Morgan fingerprint density at radius 2 is 2.20 bits per heavy atom. The van der Waals surface area contributed by atoms with Crippen LogP contribution < -0.4 is 10.1 Å². The van der Waals surface area contributed by atoms with E-state index in [1.165, 1.54) is 0 Å². The van der Waals surface area contributed by atoms with Gasteiger partial charge < -0.3 is 14.8 Å². The molecule has 1 heterocycles. The average molecular weight is 341 g/mol. The van der Waals surface area contributed by atoms with Crippen molar-refractivity contribution in [1.29, 1.82) is 0 Å². The molecule has 0 aliphatic carbocycles. The lowest BCUT2D eigenvalue weighted by molar-refractivity contribution is 0.199. The standard InChI is InChI=1S/C13H17BrN4O2/c1-19-6-5-15-8-10-9-18(17-16-10)11-3-4-12(14)13(7-11)20-2/h3-4,7,9,15H,5-6,8H2,1-2H3. The van der Waals surface area contributed by atoms with E-state index in [0.29, 0.717) is 13.2 Å². The lowest BCUT2D eigenvalue weighted by Crippen LogP contribution is -2.18. The molecule has 0 fully saturated rings. The molecule has 0 saturated carbocycles. The summed E-state index contributed by atoms with van der Waals surface area (Å²) in [4.78, 5) is 0. The Kier molecular flexibility index (Phi) is 5.51. The maximum absolute atomic E-state index is 5.27. The van der Waals surface area contributed by atoms with Crippen molar-refractivity contribution in [3.05, 3.63) is 34.6 Å². The molecule has 0 amide bonds. The monoisotopic (exact) mass is 340 g/mol. The van der Waals surface area contributed by atoms with E-state index >= 15 is 0 Å². The van der Waals surface area contributed by atoms with E-state index in [-0.39, 0.29) is 0 Å². The minimum atomic E-state index is 0.664. The summed E-state index contributed by atoms with van der Waals surface area (Å²) in [5, 5.41) is 11.5. The Labute approximate surface area is 126 Å². The number of hydrogen-bond donors (Lipinski definition) is 1. The minimum absolute atomic E-state index is 0.664. The normalized spacial score (nSPS) is 10.8. The summed E-state index contributed by atoms with van der Waals surface area (Å²) in [6.45, 7) is 2.13. The average Bonchev–Trinajstić information content (AvgIpc) is 2.93. The van der Waals surface area contributed by atoms with Gasteiger partial charge in [0.1, 0.15) is 5.75 Å². The van der Waals surface area contributed by atoms with Crippen molar-refractivity contribution < 1.29 is 9.47 Å². The summed E-state index contributed by atoms with van der Waals surface area (Å²) in [5.74, 6) is 0.762. The van der Waals surface area contributed by atoms with Gasteiger partial charge in [0.05, 0.1) is 35.8 Å². The number of benzene rings is 1. The highest BCUT2D eigenvalue weighted by Gasteiger charge is 2.06. The summed E-state index contributed by atoms with van der Waals surface area (Å²) in [7, 11) is 3.31. The fourth-order valence-electron chi connectivity index (χ4n) is 1.69. The number of rotatable bonds is 7. The number of halogens is 1. The van der Waals surface area contributed by atoms with Crippen LogP contribution in [0, 0.1) is 0 Å². The van der Waals surface area contributed by atoms with Gasteiger partial charge in [0.25, 0.3) is 0 Å². The Bertz CT molecular complexity index is 559. The highest BCUT2D eigenvalue weighted by molar-refractivity contribution is 9.10. The fourth-order valence-corrected chi connectivity index (χ4v) is 2.10. The number of nitrogens with one attached hydrogen (secondary N) is 1. The first-order valence-electron chi connectivity index (χ1n) is 6.19. The molecule has 2 aromatic rings. The third-order valence-electron chi connectivity index (χ3n) is 2.73. The molecule has 0 saturated heterocycles. The maximum atomic E-state index is 5.27. The van der Waals surface area contributed by atoms with E-state index in [9.17, 15) is 0 Å². The van der Waals surface area contributed by atoms with E-state index in [2.05, 4.69) is 31.6 Å².